The molecule has 0 saturated heterocycles. The number of nitrogens with one attached hydrogen (secondary N) is 1. The zero-order valence-electron chi connectivity index (χ0n) is 16.7. The Kier molecular flexibility index (Phi) is 6.96. The fourth-order valence-electron chi connectivity index (χ4n) is 3.14. The van der Waals surface area contributed by atoms with Crippen LogP contribution in [0.25, 0.3) is 0 Å². The van der Waals surface area contributed by atoms with Crippen LogP contribution in [0.5, 0.6) is 0 Å². The van der Waals surface area contributed by atoms with Gasteiger partial charge in [0.15, 0.2) is 11.6 Å². The number of allylic oxidation sites excluding steroid dienone is 4. The summed E-state index contributed by atoms with van der Waals surface area (Å²) in [6.07, 6.45) is 0.798. The van der Waals surface area contributed by atoms with Crippen molar-refractivity contribution in [2.45, 2.75) is 52.6 Å². The normalized spacial score (nSPS) is 17.1. The van der Waals surface area contributed by atoms with Gasteiger partial charge in [-0.15, -0.1) is 0 Å². The number of hydrogen-bond donors (Lipinski definition) is 2. The number of aliphatic hydroxyl groups is 1. The molecule has 1 unspecified atom stereocenters. The van der Waals surface area contributed by atoms with E-state index in [2.05, 4.69) is 5.32 Å². The van der Waals surface area contributed by atoms with Crippen LogP contribution in [0.15, 0.2) is 46.6 Å². The molecule has 0 radical (unpaired) electrons. The highest BCUT2D eigenvalue weighted by Gasteiger charge is 2.33. The lowest BCUT2D eigenvalue weighted by atomic mass is 9.82. The standard InChI is InChI=1S/C22H26ClNO4/c1-13-14(2)20(26)18(15(3)19(13)25)8-10-22(4,28)21(27)24-11-9-16-6-5-7-17(23)12-16/h5-7,12,28H,8-11H2,1-4H3,(H,24,27). The van der Waals surface area contributed by atoms with E-state index in [1.54, 1.807) is 26.8 Å². The molecule has 28 heavy (non-hydrogen) atoms. The molecule has 0 aliphatic heterocycles. The Morgan fingerprint density at radius 1 is 1.07 bits per heavy atom. The van der Waals surface area contributed by atoms with Crippen LogP contribution in [0, 0.1) is 0 Å². The molecule has 1 atom stereocenters. The van der Waals surface area contributed by atoms with Crippen LogP contribution in [0.2, 0.25) is 5.02 Å². The number of halogens is 1. The van der Waals surface area contributed by atoms with Gasteiger partial charge in [0.2, 0.25) is 0 Å². The highest BCUT2D eigenvalue weighted by atomic mass is 35.5. The number of Topliss-reactive ketones (excluding diaryl/α,β-unsaturated/α-hetero) is 2. The number of benzene rings is 1. The van der Waals surface area contributed by atoms with E-state index in [0.29, 0.717) is 40.3 Å². The molecule has 0 heterocycles. The number of rotatable bonds is 7. The average molecular weight is 404 g/mol. The topological polar surface area (TPSA) is 83.5 Å². The van der Waals surface area contributed by atoms with Crippen molar-refractivity contribution in [1.29, 1.82) is 0 Å². The van der Waals surface area contributed by atoms with E-state index in [1.807, 2.05) is 18.2 Å². The Bertz CT molecular complexity index is 880. The highest BCUT2D eigenvalue weighted by Crippen LogP contribution is 2.29. The average Bonchev–Trinajstić information content (AvgIpc) is 2.64. The van der Waals surface area contributed by atoms with Gasteiger partial charge in [0.05, 0.1) is 0 Å². The van der Waals surface area contributed by atoms with Crippen molar-refractivity contribution >= 4 is 29.1 Å². The fourth-order valence-corrected chi connectivity index (χ4v) is 3.35. The molecule has 0 fully saturated rings. The molecule has 1 aliphatic carbocycles. The van der Waals surface area contributed by atoms with Gasteiger partial charge >= 0.3 is 0 Å². The summed E-state index contributed by atoms with van der Waals surface area (Å²) in [5.74, 6) is -0.852. The summed E-state index contributed by atoms with van der Waals surface area (Å²) in [7, 11) is 0. The first-order chi connectivity index (χ1) is 13.0. The molecule has 150 valence electrons. The zero-order valence-corrected chi connectivity index (χ0v) is 17.4. The molecule has 0 bridgehead atoms. The smallest absolute Gasteiger partial charge is 0.251 e. The minimum Gasteiger partial charge on any atom is -0.380 e. The molecule has 5 nitrogen and oxygen atoms in total. The van der Waals surface area contributed by atoms with Crippen molar-refractivity contribution in [3.05, 3.63) is 57.1 Å². The summed E-state index contributed by atoms with van der Waals surface area (Å²) in [4.78, 5) is 37.1. The predicted molar refractivity (Wildman–Crippen MR) is 109 cm³/mol. The number of ketones is 2. The number of carbonyl (C=O) groups is 3. The van der Waals surface area contributed by atoms with Crippen LogP contribution in [0.3, 0.4) is 0 Å². The second-order valence-corrected chi connectivity index (χ2v) is 7.86. The second kappa shape index (κ2) is 8.84. The van der Waals surface area contributed by atoms with E-state index in [4.69, 9.17) is 11.6 Å². The zero-order chi connectivity index (χ0) is 21.1. The molecular weight excluding hydrogens is 378 g/mol. The minimum atomic E-state index is -1.64. The Morgan fingerprint density at radius 3 is 2.36 bits per heavy atom. The monoisotopic (exact) mass is 403 g/mol. The van der Waals surface area contributed by atoms with Gasteiger partial charge in [-0.1, -0.05) is 23.7 Å². The van der Waals surface area contributed by atoms with E-state index in [-0.39, 0.29) is 24.4 Å². The first-order valence-electron chi connectivity index (χ1n) is 9.26. The Balaban J connectivity index is 1.94. The molecule has 1 aliphatic rings. The van der Waals surface area contributed by atoms with Crippen LogP contribution in [-0.4, -0.2) is 34.7 Å². The van der Waals surface area contributed by atoms with Crippen LogP contribution in [-0.2, 0) is 20.8 Å². The van der Waals surface area contributed by atoms with Crippen molar-refractivity contribution in [3.8, 4) is 0 Å². The maximum absolute atomic E-state index is 12.5. The van der Waals surface area contributed by atoms with Crippen molar-refractivity contribution in [3.63, 3.8) is 0 Å². The minimum absolute atomic E-state index is 0.0496. The number of hydrogen-bond acceptors (Lipinski definition) is 4. The lowest BCUT2D eigenvalue weighted by Gasteiger charge is -2.25. The molecule has 2 N–H and O–H groups in total. The SMILES string of the molecule is CC1=C(C)C(=O)C(CCC(C)(O)C(=O)NCCc2cccc(Cl)c2)=C(C)C1=O. The number of carbonyl (C=O) groups excluding carboxylic acids is 3. The first kappa shape index (κ1) is 22.1. The summed E-state index contributed by atoms with van der Waals surface area (Å²) >= 11 is 5.94. The third-order valence-corrected chi connectivity index (χ3v) is 5.49. The lowest BCUT2D eigenvalue weighted by molar-refractivity contribution is -0.138. The molecule has 2 rings (SSSR count). The predicted octanol–water partition coefficient (Wildman–Crippen LogP) is 3.33. The molecule has 0 saturated carbocycles. The third-order valence-electron chi connectivity index (χ3n) is 5.25. The van der Waals surface area contributed by atoms with Crippen LogP contribution < -0.4 is 5.32 Å². The summed E-state index contributed by atoms with van der Waals surface area (Å²) in [6, 6.07) is 7.35. The molecule has 0 aromatic heterocycles. The summed E-state index contributed by atoms with van der Waals surface area (Å²) < 4.78 is 0. The maximum atomic E-state index is 12.5. The second-order valence-electron chi connectivity index (χ2n) is 7.42. The quantitative estimate of drug-likeness (QED) is 0.684. The molecule has 1 aromatic carbocycles. The van der Waals surface area contributed by atoms with Crippen molar-refractivity contribution in [2.75, 3.05) is 6.54 Å². The Hall–Kier alpha value is -2.24. The van der Waals surface area contributed by atoms with Gasteiger partial charge in [-0.05, 0) is 64.7 Å². The van der Waals surface area contributed by atoms with Gasteiger partial charge in [0, 0.05) is 33.9 Å². The van der Waals surface area contributed by atoms with Gasteiger partial charge in [-0.25, -0.2) is 0 Å². The van der Waals surface area contributed by atoms with E-state index in [0.717, 1.165) is 5.56 Å². The Labute approximate surface area is 170 Å². The highest BCUT2D eigenvalue weighted by molar-refractivity contribution is 6.30. The van der Waals surface area contributed by atoms with Crippen LogP contribution in [0.1, 0.15) is 46.1 Å². The summed E-state index contributed by atoms with van der Waals surface area (Å²) in [5, 5.41) is 13.9. The molecule has 6 heteroatoms. The molecule has 1 aromatic rings. The fraction of sp³-hybridized carbons (Fsp3) is 0.409. The Morgan fingerprint density at radius 2 is 1.71 bits per heavy atom. The van der Waals surface area contributed by atoms with E-state index in [1.165, 1.54) is 6.92 Å². The van der Waals surface area contributed by atoms with Crippen molar-refractivity contribution in [1.82, 2.24) is 5.32 Å². The van der Waals surface area contributed by atoms with Gasteiger partial charge in [0.25, 0.3) is 5.91 Å². The first-order valence-corrected chi connectivity index (χ1v) is 9.64. The van der Waals surface area contributed by atoms with E-state index in [9.17, 15) is 19.5 Å². The number of amides is 1. The van der Waals surface area contributed by atoms with Crippen LogP contribution in [0.4, 0.5) is 0 Å². The summed E-state index contributed by atoms with van der Waals surface area (Å²) in [6.45, 7) is 6.66. The van der Waals surface area contributed by atoms with Gasteiger partial charge in [-0.3, -0.25) is 14.4 Å². The van der Waals surface area contributed by atoms with Gasteiger partial charge in [0.1, 0.15) is 5.60 Å². The molecule has 0 spiro atoms. The molecular formula is C22H26ClNO4. The van der Waals surface area contributed by atoms with E-state index >= 15 is 0 Å². The lowest BCUT2D eigenvalue weighted by Crippen LogP contribution is -2.45. The van der Waals surface area contributed by atoms with Gasteiger partial charge < -0.3 is 10.4 Å². The summed E-state index contributed by atoms with van der Waals surface area (Å²) in [5.41, 5.74) is 0.991. The van der Waals surface area contributed by atoms with Crippen LogP contribution >= 0.6 is 11.6 Å². The molecule has 1 amide bonds. The largest absolute Gasteiger partial charge is 0.380 e. The third kappa shape index (κ3) is 4.97. The van der Waals surface area contributed by atoms with Gasteiger partial charge in [-0.2, -0.15) is 0 Å². The van der Waals surface area contributed by atoms with Crippen molar-refractivity contribution in [2.24, 2.45) is 0 Å². The van der Waals surface area contributed by atoms with E-state index < -0.39 is 11.5 Å². The van der Waals surface area contributed by atoms with Crippen molar-refractivity contribution < 1.29 is 19.5 Å². The maximum Gasteiger partial charge on any atom is 0.251 e.